The zero-order chi connectivity index (χ0) is 29.5. The molecule has 1 amide bonds. The zero-order valence-corrected chi connectivity index (χ0v) is 24.2. The van der Waals surface area contributed by atoms with Crippen molar-refractivity contribution < 1.29 is 24.9 Å². The highest BCUT2D eigenvalue weighted by Gasteiger charge is 2.45. The van der Waals surface area contributed by atoms with Gasteiger partial charge in [-0.1, -0.05) is 13.8 Å². The first-order valence-electron chi connectivity index (χ1n) is 14.4. The molecule has 2 aliphatic carbocycles. The van der Waals surface area contributed by atoms with Gasteiger partial charge in [0.1, 0.15) is 0 Å². The van der Waals surface area contributed by atoms with Gasteiger partial charge in [0.05, 0.1) is 34.8 Å². The molecule has 2 aromatic heterocycles. The number of carbonyl (C=O) groups excluding carboxylic acids is 1. The van der Waals surface area contributed by atoms with E-state index in [9.17, 15) is 20.2 Å². The van der Waals surface area contributed by atoms with Crippen LogP contribution in [0.25, 0.3) is 5.69 Å². The van der Waals surface area contributed by atoms with Crippen molar-refractivity contribution in [3.8, 4) is 5.69 Å². The summed E-state index contributed by atoms with van der Waals surface area (Å²) in [6, 6.07) is 8.60. The summed E-state index contributed by atoms with van der Waals surface area (Å²) >= 11 is 0. The summed E-state index contributed by atoms with van der Waals surface area (Å²) < 4.78 is 2.46. The number of carbonyl (C=O) groups is 1. The first-order chi connectivity index (χ1) is 19.4. The minimum atomic E-state index is -1.11. The molecule has 0 saturated heterocycles. The molecule has 41 heavy (non-hydrogen) atoms. The van der Waals surface area contributed by atoms with Crippen molar-refractivity contribution in [3.63, 3.8) is 0 Å². The van der Waals surface area contributed by atoms with Crippen molar-refractivity contribution >= 4 is 23.5 Å². The number of aromatic nitrogens is 3. The van der Waals surface area contributed by atoms with Crippen molar-refractivity contribution in [1.29, 1.82) is 0 Å². The lowest BCUT2D eigenvalue weighted by molar-refractivity contribution is -0.911. The van der Waals surface area contributed by atoms with Gasteiger partial charge < -0.3 is 21.3 Å². The van der Waals surface area contributed by atoms with Crippen molar-refractivity contribution in [2.75, 3.05) is 11.1 Å². The molecule has 2 heterocycles. The number of nitrogens with two attached hydrogens (primary N) is 1. The molecule has 2 aliphatic rings. The number of nitrogen functional groups attached to an aromatic ring is 1. The maximum Gasteiger partial charge on any atom is 0.325 e. The Kier molecular flexibility index (Phi) is 7.65. The molecule has 10 nitrogen and oxygen atoms in total. The Bertz CT molecular complexity index is 1460. The summed E-state index contributed by atoms with van der Waals surface area (Å²) in [6.07, 6.45) is 10.4. The van der Waals surface area contributed by atoms with Gasteiger partial charge in [0.2, 0.25) is 5.69 Å². The number of nitrogens with one attached hydrogen (secondary N) is 1. The number of rotatable bonds is 8. The van der Waals surface area contributed by atoms with Gasteiger partial charge in [-0.3, -0.25) is 15.0 Å². The first kappa shape index (κ1) is 28.8. The van der Waals surface area contributed by atoms with Gasteiger partial charge in [-0.2, -0.15) is 5.10 Å². The van der Waals surface area contributed by atoms with Crippen molar-refractivity contribution in [1.82, 2.24) is 9.78 Å². The fraction of sp³-hybridized carbons (Fsp3) is 0.484. The average Bonchev–Trinajstić information content (AvgIpc) is 3.66. The molecule has 10 heteroatoms. The third-order valence-corrected chi connectivity index (χ3v) is 8.39. The molecule has 0 radical (unpaired) electrons. The fourth-order valence-electron chi connectivity index (χ4n) is 5.57. The Labute approximate surface area is 240 Å². The molecule has 0 bridgehead atoms. The molecule has 2 saturated carbocycles. The minimum Gasteiger partial charge on any atom is -0.398 e. The molecule has 6 N–H and O–H groups in total. The van der Waals surface area contributed by atoms with Crippen LogP contribution >= 0.6 is 0 Å². The van der Waals surface area contributed by atoms with Crippen LogP contribution in [-0.4, -0.2) is 49.0 Å². The SMILES string of the molecule is CC(C)c1cccc(C(=O)Nc2cc(C=NC3CCC(O)(C4CC4)CC3)c(N)cc2-n2cc(C(C)(C)O)cn2)[n+]1O. The summed E-state index contributed by atoms with van der Waals surface area (Å²) in [6.45, 7) is 7.21. The minimum absolute atomic E-state index is 0.00651. The standard InChI is InChI=1S/C31H40N6O4/c1-19(2)26-6-5-7-27(37(26)41)29(38)35-25-14-20(16-33-23-10-12-31(40,13-11-23)21-8-9-21)24(32)15-28(25)36-18-22(17-34-36)30(3,4)39/h5-7,14-19,21,23,32,38-41H,8-13H2,1-4H3/p+1. The highest BCUT2D eigenvalue weighted by molar-refractivity contribution is 6.04. The summed E-state index contributed by atoms with van der Waals surface area (Å²) in [7, 11) is 0. The molecule has 218 valence electrons. The summed E-state index contributed by atoms with van der Waals surface area (Å²) in [4.78, 5) is 18.2. The number of nitrogens with zero attached hydrogens (tertiary/aromatic N) is 4. The van der Waals surface area contributed by atoms with E-state index < -0.39 is 17.1 Å². The first-order valence-corrected chi connectivity index (χ1v) is 14.4. The Morgan fingerprint density at radius 1 is 1.24 bits per heavy atom. The van der Waals surface area contributed by atoms with Gasteiger partial charge in [-0.15, -0.1) is 0 Å². The molecule has 0 atom stereocenters. The topological polar surface area (TPSA) is 150 Å². The van der Waals surface area contributed by atoms with Gasteiger partial charge in [-0.25, -0.2) is 4.68 Å². The highest BCUT2D eigenvalue weighted by atomic mass is 16.5. The second-order valence-corrected chi connectivity index (χ2v) is 12.4. The second kappa shape index (κ2) is 10.9. The highest BCUT2D eigenvalue weighted by Crippen LogP contribution is 2.47. The van der Waals surface area contributed by atoms with E-state index in [0.29, 0.717) is 39.8 Å². The molecule has 2 fully saturated rings. The molecule has 5 rings (SSSR count). The maximum atomic E-state index is 13.4. The number of benzene rings is 1. The number of hydrogen-bond acceptors (Lipinski definition) is 7. The average molecular weight is 562 g/mol. The zero-order valence-electron chi connectivity index (χ0n) is 24.2. The molecular formula is C31H41N6O4+. The van der Waals surface area contributed by atoms with Crippen LogP contribution < -0.4 is 15.8 Å². The lowest BCUT2D eigenvalue weighted by Crippen LogP contribution is -2.43. The van der Waals surface area contributed by atoms with Crippen molar-refractivity contribution in [2.45, 2.75) is 89.4 Å². The predicted molar refractivity (Wildman–Crippen MR) is 157 cm³/mol. The van der Waals surface area contributed by atoms with Gasteiger partial charge in [0, 0.05) is 52.0 Å². The normalized spacial score (nSPS) is 21.5. The lowest BCUT2D eigenvalue weighted by Gasteiger charge is -2.35. The van der Waals surface area contributed by atoms with E-state index in [-0.39, 0.29) is 17.7 Å². The van der Waals surface area contributed by atoms with Gasteiger partial charge in [0.15, 0.2) is 0 Å². The van der Waals surface area contributed by atoms with E-state index in [4.69, 9.17) is 10.7 Å². The van der Waals surface area contributed by atoms with Crippen LogP contribution in [0, 0.1) is 5.92 Å². The van der Waals surface area contributed by atoms with Gasteiger partial charge in [-0.05, 0) is 76.5 Å². The Morgan fingerprint density at radius 2 is 1.95 bits per heavy atom. The molecule has 0 spiro atoms. The second-order valence-electron chi connectivity index (χ2n) is 12.4. The fourth-order valence-corrected chi connectivity index (χ4v) is 5.57. The maximum absolute atomic E-state index is 13.4. The van der Waals surface area contributed by atoms with Crippen LogP contribution in [0.5, 0.6) is 0 Å². The molecule has 3 aromatic rings. The van der Waals surface area contributed by atoms with Crippen LogP contribution in [0.3, 0.4) is 0 Å². The summed E-state index contributed by atoms with van der Waals surface area (Å²) in [5, 5.41) is 39.4. The van der Waals surface area contributed by atoms with Crippen LogP contribution in [0.4, 0.5) is 11.4 Å². The van der Waals surface area contributed by atoms with Crippen LogP contribution in [0.1, 0.15) is 99.4 Å². The molecule has 0 unspecified atom stereocenters. The van der Waals surface area contributed by atoms with Crippen LogP contribution in [0.15, 0.2) is 47.7 Å². The number of hydrogen-bond donors (Lipinski definition) is 5. The van der Waals surface area contributed by atoms with Gasteiger partial charge in [0.25, 0.3) is 0 Å². The third kappa shape index (κ3) is 6.13. The smallest absolute Gasteiger partial charge is 0.325 e. The van der Waals surface area contributed by atoms with E-state index in [1.807, 2.05) is 13.8 Å². The quantitative estimate of drug-likeness (QED) is 0.121. The number of aliphatic hydroxyl groups is 2. The Hall–Kier alpha value is -3.76. The largest absolute Gasteiger partial charge is 0.398 e. The monoisotopic (exact) mass is 561 g/mol. The number of pyridine rings is 1. The van der Waals surface area contributed by atoms with Crippen LogP contribution in [-0.2, 0) is 5.60 Å². The van der Waals surface area contributed by atoms with Gasteiger partial charge >= 0.3 is 11.6 Å². The van der Waals surface area contributed by atoms with E-state index in [0.717, 1.165) is 43.3 Å². The molecular weight excluding hydrogens is 520 g/mol. The predicted octanol–water partition coefficient (Wildman–Crippen LogP) is 4.09. The van der Waals surface area contributed by atoms with Crippen LogP contribution in [0.2, 0.25) is 0 Å². The molecule has 0 aliphatic heterocycles. The number of aliphatic imine (C=N–C) groups is 1. The number of amides is 1. The van der Waals surface area contributed by atoms with E-state index in [2.05, 4.69) is 10.4 Å². The third-order valence-electron chi connectivity index (χ3n) is 8.39. The lowest BCUT2D eigenvalue weighted by atomic mass is 9.79. The molecule has 1 aromatic carbocycles. The van der Waals surface area contributed by atoms with Crippen molar-refractivity contribution in [2.24, 2.45) is 10.9 Å². The van der Waals surface area contributed by atoms with E-state index >= 15 is 0 Å². The Morgan fingerprint density at radius 3 is 2.56 bits per heavy atom. The van der Waals surface area contributed by atoms with Crippen molar-refractivity contribution in [3.05, 3.63) is 65.2 Å². The Balaban J connectivity index is 1.46. The number of anilines is 2. The van der Waals surface area contributed by atoms with E-state index in [1.165, 1.54) is 0 Å². The summed E-state index contributed by atoms with van der Waals surface area (Å²) in [5.74, 6) is -0.0581. The summed E-state index contributed by atoms with van der Waals surface area (Å²) in [5.41, 5.74) is 8.11. The van der Waals surface area contributed by atoms with E-state index in [1.54, 1.807) is 67.5 Å².